The third kappa shape index (κ3) is 2.90. The molecule has 1 aliphatic heterocycles. The maximum Gasteiger partial charge on any atom is 0.251 e. The molecule has 1 aromatic carbocycles. The van der Waals surface area contributed by atoms with E-state index >= 15 is 0 Å². The first-order chi connectivity index (χ1) is 9.87. The molecule has 2 rings (SSSR count). The average Bonchev–Trinajstić information content (AvgIpc) is 2.41. The van der Waals surface area contributed by atoms with Crippen molar-refractivity contribution >= 4 is 17.5 Å². The largest absolute Gasteiger partial charge is 0.345 e. The van der Waals surface area contributed by atoms with Crippen molar-refractivity contribution in [2.45, 2.75) is 32.9 Å². The molecular weight excluding hydrogens is 273 g/mol. The summed E-state index contributed by atoms with van der Waals surface area (Å²) in [4.78, 5) is 25.2. The number of halogens is 1. The van der Waals surface area contributed by atoms with E-state index in [1.54, 1.807) is 26.0 Å². The summed E-state index contributed by atoms with van der Waals surface area (Å²) < 4.78 is 14.3. The van der Waals surface area contributed by atoms with Gasteiger partial charge in [0.25, 0.3) is 5.91 Å². The van der Waals surface area contributed by atoms with Crippen LogP contribution in [0, 0.1) is 5.82 Å². The quantitative estimate of drug-likeness (QED) is 0.818. The number of nitrogens with one attached hydrogen (secondary N) is 2. The molecule has 1 fully saturated rings. The summed E-state index contributed by atoms with van der Waals surface area (Å²) in [6.45, 7) is 6.50. The van der Waals surface area contributed by atoms with Crippen molar-refractivity contribution in [1.82, 2.24) is 10.6 Å². The number of para-hydroxylation sites is 1. The van der Waals surface area contributed by atoms with Crippen LogP contribution in [-0.4, -0.2) is 30.4 Å². The number of imide groups is 1. The molecule has 1 aliphatic rings. The van der Waals surface area contributed by atoms with Gasteiger partial charge in [-0.05, 0) is 32.0 Å². The van der Waals surface area contributed by atoms with Crippen LogP contribution in [0.2, 0.25) is 0 Å². The molecule has 1 heterocycles. The van der Waals surface area contributed by atoms with Gasteiger partial charge in [-0.25, -0.2) is 4.39 Å². The zero-order chi connectivity index (χ0) is 15.6. The Morgan fingerprint density at radius 2 is 2.10 bits per heavy atom. The number of anilines is 1. The molecule has 0 saturated carbocycles. The van der Waals surface area contributed by atoms with Gasteiger partial charge in [0.1, 0.15) is 11.4 Å². The van der Waals surface area contributed by atoms with Crippen LogP contribution in [0.5, 0.6) is 0 Å². The molecule has 0 aliphatic carbocycles. The summed E-state index contributed by atoms with van der Waals surface area (Å²) in [7, 11) is 0. The molecule has 1 saturated heterocycles. The molecule has 114 valence electrons. The lowest BCUT2D eigenvalue weighted by atomic mass is 9.96. The van der Waals surface area contributed by atoms with Crippen molar-refractivity contribution in [2.24, 2.45) is 0 Å². The van der Waals surface area contributed by atoms with Gasteiger partial charge < -0.3 is 10.2 Å². The van der Waals surface area contributed by atoms with Crippen LogP contribution in [0.3, 0.4) is 0 Å². The van der Waals surface area contributed by atoms with Crippen LogP contribution in [0.4, 0.5) is 10.1 Å². The topological polar surface area (TPSA) is 61.4 Å². The second kappa shape index (κ2) is 5.81. The highest BCUT2D eigenvalue weighted by molar-refractivity contribution is 6.06. The Kier molecular flexibility index (Phi) is 4.27. The molecule has 0 radical (unpaired) electrons. The van der Waals surface area contributed by atoms with Crippen molar-refractivity contribution < 1.29 is 14.0 Å². The van der Waals surface area contributed by atoms with Gasteiger partial charge in [0.05, 0.1) is 12.2 Å². The number of amides is 2. The minimum Gasteiger partial charge on any atom is -0.345 e. The van der Waals surface area contributed by atoms with E-state index < -0.39 is 23.2 Å². The molecule has 0 aromatic heterocycles. The number of rotatable bonds is 4. The predicted molar refractivity (Wildman–Crippen MR) is 78.4 cm³/mol. The van der Waals surface area contributed by atoms with Gasteiger partial charge in [-0.1, -0.05) is 19.1 Å². The van der Waals surface area contributed by atoms with Gasteiger partial charge in [0, 0.05) is 6.54 Å². The molecule has 21 heavy (non-hydrogen) atoms. The first-order valence-electron chi connectivity index (χ1n) is 6.98. The third-order valence-electron chi connectivity index (χ3n) is 3.69. The molecule has 2 amide bonds. The number of hydrogen-bond donors (Lipinski definition) is 2. The van der Waals surface area contributed by atoms with Gasteiger partial charge in [-0.15, -0.1) is 0 Å². The monoisotopic (exact) mass is 293 g/mol. The Balaban J connectivity index is 2.48. The third-order valence-corrected chi connectivity index (χ3v) is 3.69. The first-order valence-corrected chi connectivity index (χ1v) is 6.98. The summed E-state index contributed by atoms with van der Waals surface area (Å²) >= 11 is 0. The zero-order valence-electron chi connectivity index (χ0n) is 12.5. The van der Waals surface area contributed by atoms with E-state index in [0.717, 1.165) is 12.1 Å². The minimum absolute atomic E-state index is 0.0429. The summed E-state index contributed by atoms with van der Waals surface area (Å²) in [6, 6.07) is 4.77. The van der Waals surface area contributed by atoms with Crippen molar-refractivity contribution in [3.05, 3.63) is 29.6 Å². The molecule has 0 unspecified atom stereocenters. The second-order valence-corrected chi connectivity index (χ2v) is 5.55. The smallest absolute Gasteiger partial charge is 0.251 e. The maximum atomic E-state index is 14.3. The predicted octanol–water partition coefficient (Wildman–Crippen LogP) is 1.18. The SMILES string of the molecule is CCNCc1cccc(F)c1N1CC(=O)NC(=O)C1(C)C. The molecule has 1 aromatic rings. The molecule has 0 spiro atoms. The van der Waals surface area contributed by atoms with Crippen LogP contribution in [-0.2, 0) is 16.1 Å². The fourth-order valence-corrected chi connectivity index (χ4v) is 2.41. The van der Waals surface area contributed by atoms with Crippen molar-refractivity contribution in [1.29, 1.82) is 0 Å². The standard InChI is InChI=1S/C15H20FN3O2/c1-4-17-8-10-6-5-7-11(16)13(10)19-9-12(20)18-14(21)15(19,2)3/h5-7,17H,4,8-9H2,1-3H3,(H,18,20,21). The molecular formula is C15H20FN3O2. The van der Waals surface area contributed by atoms with E-state index in [9.17, 15) is 14.0 Å². The van der Waals surface area contributed by atoms with Crippen LogP contribution in [0.1, 0.15) is 26.3 Å². The summed E-state index contributed by atoms with van der Waals surface area (Å²) in [5, 5.41) is 5.44. The van der Waals surface area contributed by atoms with E-state index in [4.69, 9.17) is 0 Å². The molecule has 0 atom stereocenters. The van der Waals surface area contributed by atoms with Crippen LogP contribution in [0.25, 0.3) is 0 Å². The van der Waals surface area contributed by atoms with Crippen LogP contribution < -0.4 is 15.5 Å². The van der Waals surface area contributed by atoms with Gasteiger partial charge in [-0.3, -0.25) is 14.9 Å². The van der Waals surface area contributed by atoms with Gasteiger partial charge in [-0.2, -0.15) is 0 Å². The van der Waals surface area contributed by atoms with Gasteiger partial charge in [0.15, 0.2) is 0 Å². The lowest BCUT2D eigenvalue weighted by Gasteiger charge is -2.42. The van der Waals surface area contributed by atoms with Gasteiger partial charge >= 0.3 is 0 Å². The fourth-order valence-electron chi connectivity index (χ4n) is 2.41. The Morgan fingerprint density at radius 1 is 1.38 bits per heavy atom. The highest BCUT2D eigenvalue weighted by atomic mass is 19.1. The second-order valence-electron chi connectivity index (χ2n) is 5.55. The summed E-state index contributed by atoms with van der Waals surface area (Å²) in [5.74, 6) is -1.27. The highest BCUT2D eigenvalue weighted by Gasteiger charge is 2.42. The number of benzene rings is 1. The van der Waals surface area contributed by atoms with E-state index in [-0.39, 0.29) is 6.54 Å². The fraction of sp³-hybridized carbons (Fsp3) is 0.467. The summed E-state index contributed by atoms with van der Waals surface area (Å²) in [6.07, 6.45) is 0. The van der Waals surface area contributed by atoms with E-state index in [1.807, 2.05) is 6.92 Å². The molecule has 5 nitrogen and oxygen atoms in total. The Hall–Kier alpha value is -1.95. The van der Waals surface area contributed by atoms with Crippen molar-refractivity contribution in [2.75, 3.05) is 18.0 Å². The number of carbonyl (C=O) groups excluding carboxylic acids is 2. The van der Waals surface area contributed by atoms with Gasteiger partial charge in [0.2, 0.25) is 5.91 Å². The van der Waals surface area contributed by atoms with Crippen molar-refractivity contribution in [3.63, 3.8) is 0 Å². The highest BCUT2D eigenvalue weighted by Crippen LogP contribution is 2.32. The number of hydrogen-bond acceptors (Lipinski definition) is 4. The number of nitrogens with zero attached hydrogens (tertiary/aromatic N) is 1. The Labute approximate surface area is 123 Å². The minimum atomic E-state index is -0.989. The number of piperazine rings is 1. The summed E-state index contributed by atoms with van der Waals surface area (Å²) in [5.41, 5.74) is 0.0518. The Bertz CT molecular complexity index is 572. The Morgan fingerprint density at radius 3 is 2.76 bits per heavy atom. The lowest BCUT2D eigenvalue weighted by molar-refractivity contribution is -0.135. The molecule has 2 N–H and O–H groups in total. The van der Waals surface area contributed by atoms with Crippen LogP contribution in [0.15, 0.2) is 18.2 Å². The number of carbonyl (C=O) groups is 2. The molecule has 6 heteroatoms. The average molecular weight is 293 g/mol. The van der Waals surface area contributed by atoms with E-state index in [0.29, 0.717) is 12.2 Å². The lowest BCUT2D eigenvalue weighted by Crippen LogP contribution is -2.64. The van der Waals surface area contributed by atoms with Crippen molar-refractivity contribution in [3.8, 4) is 0 Å². The molecule has 0 bridgehead atoms. The first kappa shape index (κ1) is 15.4. The van der Waals surface area contributed by atoms with E-state index in [2.05, 4.69) is 10.6 Å². The maximum absolute atomic E-state index is 14.3. The van der Waals surface area contributed by atoms with Crippen LogP contribution >= 0.6 is 0 Å². The zero-order valence-corrected chi connectivity index (χ0v) is 12.5. The van der Waals surface area contributed by atoms with E-state index in [1.165, 1.54) is 11.0 Å². The normalized spacial score (nSPS) is 17.8.